The van der Waals surface area contributed by atoms with Crippen LogP contribution in [0, 0.1) is 28.6 Å². The Bertz CT molecular complexity index is 1090. The molecule has 0 aromatic heterocycles. The first-order valence-electron chi connectivity index (χ1n) is 14.5. The lowest BCUT2D eigenvalue weighted by molar-refractivity contribution is -0.0537. The molecule has 0 radical (unpaired) electrons. The zero-order chi connectivity index (χ0) is 27.1. The lowest BCUT2D eigenvalue weighted by atomic mass is 9.46. The number of carbonyl (C=O) groups is 1. The van der Waals surface area contributed by atoms with Gasteiger partial charge in [-0.2, -0.15) is 5.10 Å². The number of rotatable bonds is 6. The van der Waals surface area contributed by atoms with Gasteiger partial charge in [0, 0.05) is 6.54 Å². The molecule has 4 aliphatic rings. The molecule has 8 atom stereocenters. The molecule has 1 amide bonds. The molecule has 4 N–H and O–H groups in total. The fourth-order valence-corrected chi connectivity index (χ4v) is 9.00. The summed E-state index contributed by atoms with van der Waals surface area (Å²) < 4.78 is 5.05. The van der Waals surface area contributed by atoms with Crippen molar-refractivity contribution in [3.8, 4) is 0 Å². The van der Waals surface area contributed by atoms with E-state index in [2.05, 4.69) is 47.9 Å². The SMILES string of the molecule is CCOC(=O)NN=C(C)[C@@]1(NCc2ccccc2)[C@H](O)C[C@H]2[C@@H]3CC=C4C[C@@H](O)CC[C@]4(C)[C@H]3CC[C@@]21C. The molecule has 5 rings (SSSR count). The highest BCUT2D eigenvalue weighted by Gasteiger charge is 2.68. The number of benzene rings is 1. The number of fused-ring (bicyclic) bond motifs is 5. The van der Waals surface area contributed by atoms with E-state index in [0.29, 0.717) is 36.4 Å². The van der Waals surface area contributed by atoms with E-state index in [0.717, 1.165) is 44.1 Å². The summed E-state index contributed by atoms with van der Waals surface area (Å²) in [6.07, 6.45) is 7.45. The Labute approximate surface area is 227 Å². The molecular formula is C31H45N3O4. The van der Waals surface area contributed by atoms with Crippen LogP contribution in [0.1, 0.15) is 78.2 Å². The van der Waals surface area contributed by atoms with Gasteiger partial charge in [0.2, 0.25) is 0 Å². The van der Waals surface area contributed by atoms with Gasteiger partial charge in [0.05, 0.1) is 30.1 Å². The van der Waals surface area contributed by atoms with Crippen LogP contribution in [0.3, 0.4) is 0 Å². The van der Waals surface area contributed by atoms with Gasteiger partial charge >= 0.3 is 6.09 Å². The van der Waals surface area contributed by atoms with E-state index in [1.807, 2.05) is 25.1 Å². The lowest BCUT2D eigenvalue weighted by Crippen LogP contribution is -2.67. The molecule has 0 saturated heterocycles. The maximum absolute atomic E-state index is 12.1. The van der Waals surface area contributed by atoms with Crippen molar-refractivity contribution in [3.63, 3.8) is 0 Å². The third kappa shape index (κ3) is 4.31. The van der Waals surface area contributed by atoms with E-state index >= 15 is 0 Å². The predicted molar refractivity (Wildman–Crippen MR) is 148 cm³/mol. The molecule has 1 aromatic rings. The molecule has 208 valence electrons. The zero-order valence-electron chi connectivity index (χ0n) is 23.4. The summed E-state index contributed by atoms with van der Waals surface area (Å²) >= 11 is 0. The fourth-order valence-electron chi connectivity index (χ4n) is 9.00. The van der Waals surface area contributed by atoms with Gasteiger partial charge in [-0.15, -0.1) is 0 Å². The van der Waals surface area contributed by atoms with Gasteiger partial charge < -0.3 is 14.9 Å². The quantitative estimate of drug-likeness (QED) is 0.241. The summed E-state index contributed by atoms with van der Waals surface area (Å²) in [6.45, 7) is 9.32. The number of aliphatic hydroxyl groups is 2. The van der Waals surface area contributed by atoms with Crippen molar-refractivity contribution in [2.45, 2.75) is 96.9 Å². The smallest absolute Gasteiger partial charge is 0.427 e. The average molecular weight is 524 g/mol. The highest BCUT2D eigenvalue weighted by molar-refractivity contribution is 5.94. The third-order valence-electron chi connectivity index (χ3n) is 10.9. The highest BCUT2D eigenvalue weighted by atomic mass is 16.5. The van der Waals surface area contributed by atoms with E-state index < -0.39 is 17.7 Å². The minimum atomic E-state index is -0.786. The average Bonchev–Trinajstić information content (AvgIpc) is 3.14. The van der Waals surface area contributed by atoms with Crippen LogP contribution in [0.5, 0.6) is 0 Å². The Hall–Kier alpha value is -2.22. The largest absolute Gasteiger partial charge is 0.449 e. The summed E-state index contributed by atoms with van der Waals surface area (Å²) in [5, 5.41) is 30.6. The van der Waals surface area contributed by atoms with Crippen molar-refractivity contribution >= 4 is 11.8 Å². The van der Waals surface area contributed by atoms with Crippen LogP contribution in [-0.4, -0.2) is 46.4 Å². The second kappa shape index (κ2) is 10.4. The van der Waals surface area contributed by atoms with Crippen molar-refractivity contribution in [1.82, 2.24) is 10.7 Å². The van der Waals surface area contributed by atoms with Gasteiger partial charge in [-0.25, -0.2) is 10.2 Å². The van der Waals surface area contributed by atoms with Gasteiger partial charge in [0.25, 0.3) is 0 Å². The molecule has 4 aliphatic carbocycles. The molecule has 7 heteroatoms. The van der Waals surface area contributed by atoms with Crippen LogP contribution in [-0.2, 0) is 11.3 Å². The van der Waals surface area contributed by atoms with Crippen LogP contribution in [0.2, 0.25) is 0 Å². The minimum absolute atomic E-state index is 0.131. The molecule has 0 unspecified atom stereocenters. The monoisotopic (exact) mass is 523 g/mol. The number of hydrogen-bond acceptors (Lipinski definition) is 6. The Morgan fingerprint density at radius 3 is 2.63 bits per heavy atom. The number of hydrogen-bond donors (Lipinski definition) is 4. The molecule has 0 aliphatic heterocycles. The zero-order valence-corrected chi connectivity index (χ0v) is 23.4. The van der Waals surface area contributed by atoms with Crippen molar-refractivity contribution < 1.29 is 19.7 Å². The van der Waals surface area contributed by atoms with Crippen LogP contribution >= 0.6 is 0 Å². The molecule has 1 aromatic carbocycles. The molecule has 3 fully saturated rings. The summed E-state index contributed by atoms with van der Waals surface area (Å²) in [7, 11) is 0. The number of aliphatic hydroxyl groups excluding tert-OH is 2. The Morgan fingerprint density at radius 1 is 1.13 bits per heavy atom. The van der Waals surface area contributed by atoms with Crippen LogP contribution in [0.4, 0.5) is 4.79 Å². The van der Waals surface area contributed by atoms with Gasteiger partial charge in [0.15, 0.2) is 0 Å². The Balaban J connectivity index is 1.50. The van der Waals surface area contributed by atoms with Crippen molar-refractivity contribution in [1.29, 1.82) is 0 Å². The summed E-state index contributed by atoms with van der Waals surface area (Å²) in [5.41, 5.74) is 4.94. The first kappa shape index (κ1) is 27.4. The molecule has 0 heterocycles. The predicted octanol–water partition coefficient (Wildman–Crippen LogP) is 4.93. The number of nitrogens with zero attached hydrogens (tertiary/aromatic N) is 1. The summed E-state index contributed by atoms with van der Waals surface area (Å²) in [4.78, 5) is 12.1. The van der Waals surface area contributed by atoms with Gasteiger partial charge in [-0.05, 0) is 92.9 Å². The summed E-state index contributed by atoms with van der Waals surface area (Å²) in [5.74, 6) is 1.34. The normalized spacial score (nSPS) is 40.4. The van der Waals surface area contributed by atoms with E-state index in [4.69, 9.17) is 4.74 Å². The maximum atomic E-state index is 12.1. The minimum Gasteiger partial charge on any atom is -0.449 e. The fraction of sp³-hybridized carbons (Fsp3) is 0.677. The number of nitrogens with one attached hydrogen (secondary N) is 2. The van der Waals surface area contributed by atoms with E-state index in [1.165, 1.54) is 5.57 Å². The highest BCUT2D eigenvalue weighted by Crippen LogP contribution is 2.67. The number of ether oxygens (including phenoxy) is 1. The maximum Gasteiger partial charge on any atom is 0.427 e. The Morgan fingerprint density at radius 2 is 1.89 bits per heavy atom. The first-order chi connectivity index (χ1) is 18.2. The molecule has 38 heavy (non-hydrogen) atoms. The van der Waals surface area contributed by atoms with E-state index in [1.54, 1.807) is 6.92 Å². The standard InChI is InChI=1S/C31H45N3O4/c1-5-38-28(37)34-33-20(2)31(32-19-21-9-7-6-8-10-21)27(36)18-26-24-12-11-22-17-23(35)13-15-29(22,3)25(24)14-16-30(26,31)4/h6-11,23-27,32,35-36H,5,12-19H2,1-4H3,(H,34,37)/t23-,24+,25-,26-,27+,29-,30-,31+/m0/s1. The van der Waals surface area contributed by atoms with E-state index in [9.17, 15) is 15.0 Å². The second-order valence-electron chi connectivity index (χ2n) is 12.5. The topological polar surface area (TPSA) is 103 Å². The Kier molecular flexibility index (Phi) is 7.48. The van der Waals surface area contributed by atoms with Gasteiger partial charge in [-0.3, -0.25) is 5.32 Å². The van der Waals surface area contributed by atoms with Gasteiger partial charge in [0.1, 0.15) is 0 Å². The van der Waals surface area contributed by atoms with E-state index in [-0.39, 0.29) is 23.5 Å². The number of carbonyl (C=O) groups excluding carboxylic acids is 1. The molecular weight excluding hydrogens is 478 g/mol. The number of hydrazone groups is 1. The molecule has 7 nitrogen and oxygen atoms in total. The second-order valence-corrected chi connectivity index (χ2v) is 12.5. The summed E-state index contributed by atoms with van der Waals surface area (Å²) in [6, 6.07) is 10.2. The third-order valence-corrected chi connectivity index (χ3v) is 10.9. The van der Waals surface area contributed by atoms with Crippen LogP contribution in [0.15, 0.2) is 47.1 Å². The van der Waals surface area contributed by atoms with Crippen LogP contribution < -0.4 is 10.7 Å². The van der Waals surface area contributed by atoms with Crippen molar-refractivity contribution in [2.24, 2.45) is 33.7 Å². The number of amides is 1. The molecule has 0 bridgehead atoms. The molecule has 0 spiro atoms. The molecule has 3 saturated carbocycles. The number of allylic oxidation sites excluding steroid dienone is 1. The van der Waals surface area contributed by atoms with Crippen LogP contribution in [0.25, 0.3) is 0 Å². The first-order valence-corrected chi connectivity index (χ1v) is 14.5. The van der Waals surface area contributed by atoms with Crippen molar-refractivity contribution in [3.05, 3.63) is 47.5 Å². The van der Waals surface area contributed by atoms with Crippen molar-refractivity contribution in [2.75, 3.05) is 6.61 Å². The van der Waals surface area contributed by atoms with Gasteiger partial charge in [-0.1, -0.05) is 55.8 Å². The lowest BCUT2D eigenvalue weighted by Gasteiger charge is -2.59.